The molecule has 4 rings (SSSR count). The number of aromatic nitrogens is 1. The maximum atomic E-state index is 11.9. The van der Waals surface area contributed by atoms with Gasteiger partial charge >= 0.3 is 0 Å². The number of nitrogens with zero attached hydrogens (tertiary/aromatic N) is 2. The van der Waals surface area contributed by atoms with Gasteiger partial charge in [0.2, 0.25) is 5.91 Å². The number of pyridine rings is 1. The summed E-state index contributed by atoms with van der Waals surface area (Å²) in [5.41, 5.74) is 2.60. The number of hydrogen-bond acceptors (Lipinski definition) is 4. The normalized spacial score (nSPS) is 13.6. The van der Waals surface area contributed by atoms with Crippen LogP contribution in [-0.2, 0) is 11.3 Å². The Kier molecular flexibility index (Phi) is 4.39. The van der Waals surface area contributed by atoms with E-state index in [-0.39, 0.29) is 18.4 Å². The zero-order valence-electron chi connectivity index (χ0n) is 13.9. The third kappa shape index (κ3) is 3.44. The Morgan fingerprint density at radius 2 is 2.00 bits per heavy atom. The van der Waals surface area contributed by atoms with Crippen LogP contribution >= 0.6 is 11.6 Å². The molecule has 1 amide bonds. The maximum Gasteiger partial charge on any atom is 0.228 e. The van der Waals surface area contributed by atoms with Gasteiger partial charge in [-0.15, -0.1) is 0 Å². The van der Waals surface area contributed by atoms with Gasteiger partial charge < -0.3 is 5.32 Å². The van der Waals surface area contributed by atoms with Gasteiger partial charge in [0.25, 0.3) is 0 Å². The van der Waals surface area contributed by atoms with Gasteiger partial charge in [-0.1, -0.05) is 35.0 Å². The molecule has 1 aliphatic rings. The summed E-state index contributed by atoms with van der Waals surface area (Å²) >= 11 is 6.33. The zero-order valence-corrected chi connectivity index (χ0v) is 14.7. The van der Waals surface area contributed by atoms with Gasteiger partial charge in [-0.2, -0.15) is 4.91 Å². The molecule has 0 radical (unpaired) electrons. The number of anilines is 1. The molecular formula is C20H16ClN3O2. The Morgan fingerprint density at radius 3 is 2.77 bits per heavy atom. The van der Waals surface area contributed by atoms with Crippen LogP contribution < -0.4 is 5.32 Å². The van der Waals surface area contributed by atoms with E-state index in [1.54, 1.807) is 18.3 Å². The van der Waals surface area contributed by atoms with Crippen molar-refractivity contribution in [3.63, 3.8) is 0 Å². The Balaban J connectivity index is 1.66. The quantitative estimate of drug-likeness (QED) is 0.634. The number of carbonyl (C=O) groups excluding carboxylic acids is 1. The topological polar surface area (TPSA) is 71.4 Å². The lowest BCUT2D eigenvalue weighted by Crippen LogP contribution is -2.14. The predicted octanol–water partition coefficient (Wildman–Crippen LogP) is 5.17. The average molecular weight is 366 g/mol. The predicted molar refractivity (Wildman–Crippen MR) is 103 cm³/mol. The molecule has 130 valence electrons. The third-order valence-corrected chi connectivity index (χ3v) is 4.84. The second-order valence-electron chi connectivity index (χ2n) is 6.50. The largest absolute Gasteiger partial charge is 0.310 e. The molecule has 0 atom stereocenters. The molecule has 2 aromatic carbocycles. The van der Waals surface area contributed by atoms with E-state index < -0.39 is 0 Å². The summed E-state index contributed by atoms with van der Waals surface area (Å²) in [6.07, 6.45) is 3.66. The molecule has 1 aliphatic carbocycles. The van der Waals surface area contributed by atoms with Crippen LogP contribution in [0.4, 0.5) is 5.82 Å². The van der Waals surface area contributed by atoms with Crippen LogP contribution in [0.25, 0.3) is 21.9 Å². The molecule has 5 nitrogen and oxygen atoms in total. The van der Waals surface area contributed by atoms with Crippen LogP contribution in [0, 0.1) is 10.8 Å². The van der Waals surface area contributed by atoms with Gasteiger partial charge in [0.1, 0.15) is 12.4 Å². The first kappa shape index (κ1) is 16.7. The molecule has 1 aromatic heterocycles. The van der Waals surface area contributed by atoms with Crippen molar-refractivity contribution >= 4 is 34.1 Å². The lowest BCUT2D eigenvalue weighted by molar-refractivity contribution is -0.117. The van der Waals surface area contributed by atoms with Crippen molar-refractivity contribution in [2.75, 3.05) is 5.32 Å². The van der Waals surface area contributed by atoms with Crippen LogP contribution in [0.15, 0.2) is 53.8 Å². The maximum absolute atomic E-state index is 11.9. The molecule has 1 saturated carbocycles. The minimum absolute atomic E-state index is 0.0425. The number of hydrogen-bond donors (Lipinski definition) is 1. The number of fused-ring (bicyclic) bond motifs is 1. The smallest absolute Gasteiger partial charge is 0.228 e. The molecule has 26 heavy (non-hydrogen) atoms. The monoisotopic (exact) mass is 365 g/mol. The molecule has 3 aromatic rings. The Labute approximate surface area is 155 Å². The number of nitrogens with one attached hydrogen (secondary N) is 1. The van der Waals surface area contributed by atoms with Crippen molar-refractivity contribution in [2.45, 2.75) is 19.4 Å². The standard InChI is InChI=1S/C20H16ClN3O2/c21-18-6-1-12(10-23-26)7-17(18)15-5-4-14-9-19(22-11-16(14)8-15)24-20(25)13-2-3-13/h1,4-9,11,13H,2-3,10H2,(H,22,24,25). The van der Waals surface area contributed by atoms with E-state index in [4.69, 9.17) is 11.6 Å². The number of rotatable bonds is 5. The first-order valence-corrected chi connectivity index (χ1v) is 8.80. The van der Waals surface area contributed by atoms with Crippen LogP contribution in [0.2, 0.25) is 5.02 Å². The number of carbonyl (C=O) groups is 1. The van der Waals surface area contributed by atoms with Crippen LogP contribution in [0.1, 0.15) is 18.4 Å². The van der Waals surface area contributed by atoms with Crippen molar-refractivity contribution < 1.29 is 4.79 Å². The van der Waals surface area contributed by atoms with Crippen molar-refractivity contribution in [3.05, 3.63) is 64.2 Å². The average Bonchev–Trinajstić information content (AvgIpc) is 3.48. The van der Waals surface area contributed by atoms with E-state index in [1.807, 2.05) is 30.3 Å². The Hall–Kier alpha value is -2.79. The van der Waals surface area contributed by atoms with E-state index in [9.17, 15) is 9.70 Å². The summed E-state index contributed by atoms with van der Waals surface area (Å²) in [5, 5.41) is 8.34. The molecule has 1 N–H and O–H groups in total. The molecule has 0 spiro atoms. The molecule has 0 bridgehead atoms. The molecular weight excluding hydrogens is 350 g/mol. The van der Waals surface area contributed by atoms with Crippen molar-refractivity contribution in [2.24, 2.45) is 11.1 Å². The fourth-order valence-corrected chi connectivity index (χ4v) is 3.14. The van der Waals surface area contributed by atoms with Gasteiger partial charge in [0, 0.05) is 28.1 Å². The summed E-state index contributed by atoms with van der Waals surface area (Å²) in [7, 11) is 0. The summed E-state index contributed by atoms with van der Waals surface area (Å²) in [6.45, 7) is 0.114. The molecule has 0 unspecified atom stereocenters. The van der Waals surface area contributed by atoms with Gasteiger partial charge in [0.15, 0.2) is 0 Å². The molecule has 0 aliphatic heterocycles. The summed E-state index contributed by atoms with van der Waals surface area (Å²) < 4.78 is 0. The highest BCUT2D eigenvalue weighted by Crippen LogP contribution is 2.32. The first-order valence-electron chi connectivity index (χ1n) is 8.42. The highest BCUT2D eigenvalue weighted by atomic mass is 35.5. The van der Waals surface area contributed by atoms with Crippen LogP contribution in [-0.4, -0.2) is 10.9 Å². The summed E-state index contributed by atoms with van der Waals surface area (Å²) in [6, 6.07) is 13.2. The van der Waals surface area contributed by atoms with Gasteiger partial charge in [0.05, 0.1) is 0 Å². The molecule has 0 saturated heterocycles. The van der Waals surface area contributed by atoms with E-state index >= 15 is 0 Å². The molecule has 6 heteroatoms. The van der Waals surface area contributed by atoms with E-state index in [1.165, 1.54) is 0 Å². The van der Waals surface area contributed by atoms with Crippen molar-refractivity contribution in [1.82, 2.24) is 4.98 Å². The SMILES string of the molecule is O=NCc1ccc(Cl)c(-c2ccc3cc(NC(=O)C4CC4)ncc3c2)c1. The first-order chi connectivity index (χ1) is 12.6. The van der Waals surface area contributed by atoms with Gasteiger partial charge in [-0.25, -0.2) is 4.98 Å². The highest BCUT2D eigenvalue weighted by Gasteiger charge is 2.29. The number of halogens is 1. The van der Waals surface area contributed by atoms with E-state index in [0.29, 0.717) is 10.8 Å². The lowest BCUT2D eigenvalue weighted by atomic mass is 10.0. The third-order valence-electron chi connectivity index (χ3n) is 4.51. The van der Waals surface area contributed by atoms with E-state index in [0.717, 1.165) is 40.3 Å². The fraction of sp³-hybridized carbons (Fsp3) is 0.200. The Morgan fingerprint density at radius 1 is 1.15 bits per heavy atom. The zero-order chi connectivity index (χ0) is 18.1. The highest BCUT2D eigenvalue weighted by molar-refractivity contribution is 6.33. The minimum Gasteiger partial charge on any atom is -0.310 e. The summed E-state index contributed by atoms with van der Waals surface area (Å²) in [5.74, 6) is 0.755. The van der Waals surface area contributed by atoms with Crippen LogP contribution in [0.3, 0.4) is 0 Å². The van der Waals surface area contributed by atoms with Crippen molar-refractivity contribution in [1.29, 1.82) is 0 Å². The second-order valence-corrected chi connectivity index (χ2v) is 6.90. The molecule has 1 fully saturated rings. The van der Waals surface area contributed by atoms with Crippen molar-refractivity contribution in [3.8, 4) is 11.1 Å². The van der Waals surface area contributed by atoms with Crippen LogP contribution in [0.5, 0.6) is 0 Å². The number of nitroso groups, excluding NO2 is 1. The Bertz CT molecular complexity index is 1020. The number of amides is 1. The molecule has 1 heterocycles. The lowest BCUT2D eigenvalue weighted by Gasteiger charge is -2.09. The number of benzene rings is 2. The summed E-state index contributed by atoms with van der Waals surface area (Å²) in [4.78, 5) is 26.7. The van der Waals surface area contributed by atoms with Gasteiger partial charge in [-0.05, 0) is 53.6 Å². The second kappa shape index (κ2) is 6.84. The minimum atomic E-state index is 0.0425. The van der Waals surface area contributed by atoms with E-state index in [2.05, 4.69) is 15.5 Å². The van der Waals surface area contributed by atoms with Gasteiger partial charge in [-0.3, -0.25) is 4.79 Å². The fourth-order valence-electron chi connectivity index (χ4n) is 2.92.